The van der Waals surface area contributed by atoms with Crippen LogP contribution in [0.4, 0.5) is 8.78 Å². The molecule has 1 atom stereocenters. The average molecular weight is 418 g/mol. The molecular weight excluding hydrogens is 402 g/mol. The summed E-state index contributed by atoms with van der Waals surface area (Å²) >= 11 is 1.43. The van der Waals surface area contributed by atoms with Gasteiger partial charge in [0.05, 0.1) is 11.3 Å². The van der Waals surface area contributed by atoms with Crippen LogP contribution < -0.4 is 5.32 Å². The summed E-state index contributed by atoms with van der Waals surface area (Å²) in [4.78, 5) is 17.8. The lowest BCUT2D eigenvalue weighted by Crippen LogP contribution is -2.27. The molecule has 30 heavy (non-hydrogen) atoms. The number of amidine groups is 1. The second-order valence-corrected chi connectivity index (χ2v) is 8.03. The largest absolute Gasteiger partial charge is 0.334 e. The van der Waals surface area contributed by atoms with E-state index in [0.717, 1.165) is 11.1 Å². The molecule has 0 radical (unpaired) electrons. The molecule has 3 nitrogen and oxygen atoms in total. The number of hydrogen-bond donors (Lipinski definition) is 1. The van der Waals surface area contributed by atoms with Gasteiger partial charge >= 0.3 is 0 Å². The van der Waals surface area contributed by atoms with Crippen LogP contribution in [0.3, 0.4) is 0 Å². The fourth-order valence-electron chi connectivity index (χ4n) is 3.75. The number of carbonyl (C=O) groups excluding carboxylic acids is 1. The van der Waals surface area contributed by atoms with Gasteiger partial charge in [-0.05, 0) is 23.8 Å². The molecule has 0 aromatic heterocycles. The molecule has 0 saturated heterocycles. The minimum absolute atomic E-state index is 0.132. The summed E-state index contributed by atoms with van der Waals surface area (Å²) < 4.78 is 27.8. The highest BCUT2D eigenvalue weighted by atomic mass is 32.2. The second-order valence-electron chi connectivity index (χ2n) is 7.06. The standard InChI is InChI=1S/C24H16F2N2OS/c25-15-11-9-14(10-12-15)13-30-24-27-21-16-5-1-2-6-17(16)23(29)20(21)22(28-24)18-7-3-4-8-19(18)26/h1-12,22H,13H2,(H,27,28)/t22-/m0/s1. The number of fused-ring (bicyclic) bond motifs is 2. The third-order valence-electron chi connectivity index (χ3n) is 5.20. The predicted molar refractivity (Wildman–Crippen MR) is 115 cm³/mol. The molecule has 0 bridgehead atoms. The average Bonchev–Trinajstić information content (AvgIpc) is 3.06. The normalized spacial score (nSPS) is 17.3. The van der Waals surface area contributed by atoms with Gasteiger partial charge < -0.3 is 5.32 Å². The van der Waals surface area contributed by atoms with Gasteiger partial charge in [-0.2, -0.15) is 0 Å². The fraction of sp³-hybridized carbons (Fsp3) is 0.0833. The quantitative estimate of drug-likeness (QED) is 0.610. The van der Waals surface area contributed by atoms with Gasteiger partial charge in [0.1, 0.15) is 17.7 Å². The smallest absolute Gasteiger partial charge is 0.194 e. The third-order valence-corrected chi connectivity index (χ3v) is 6.15. The van der Waals surface area contributed by atoms with Crippen molar-refractivity contribution in [1.82, 2.24) is 5.32 Å². The zero-order valence-corrected chi connectivity index (χ0v) is 16.5. The van der Waals surface area contributed by atoms with Gasteiger partial charge in [0.2, 0.25) is 0 Å². The van der Waals surface area contributed by atoms with Crippen molar-refractivity contribution in [3.05, 3.63) is 112 Å². The van der Waals surface area contributed by atoms with Gasteiger partial charge in [0.15, 0.2) is 11.0 Å². The monoisotopic (exact) mass is 418 g/mol. The van der Waals surface area contributed by atoms with Crippen LogP contribution in [0.5, 0.6) is 0 Å². The second kappa shape index (κ2) is 7.54. The molecule has 0 spiro atoms. The molecule has 0 saturated carbocycles. The van der Waals surface area contributed by atoms with Crippen LogP contribution in [0.2, 0.25) is 0 Å². The molecule has 2 aliphatic rings. The maximum Gasteiger partial charge on any atom is 0.194 e. The number of nitrogens with one attached hydrogen (secondary N) is 1. The van der Waals surface area contributed by atoms with E-state index in [9.17, 15) is 13.6 Å². The van der Waals surface area contributed by atoms with E-state index >= 15 is 0 Å². The fourth-order valence-corrected chi connectivity index (χ4v) is 4.60. The van der Waals surface area contributed by atoms with Crippen molar-refractivity contribution < 1.29 is 13.6 Å². The molecule has 3 aromatic carbocycles. The van der Waals surface area contributed by atoms with Gasteiger partial charge in [0, 0.05) is 22.4 Å². The molecule has 3 aromatic rings. The van der Waals surface area contributed by atoms with Gasteiger partial charge in [-0.3, -0.25) is 4.79 Å². The van der Waals surface area contributed by atoms with E-state index in [-0.39, 0.29) is 11.6 Å². The van der Waals surface area contributed by atoms with Crippen LogP contribution in [0.25, 0.3) is 5.70 Å². The van der Waals surface area contributed by atoms with Crippen molar-refractivity contribution in [3.8, 4) is 0 Å². The Labute approximate surface area is 176 Å². The van der Waals surface area contributed by atoms with E-state index in [4.69, 9.17) is 4.99 Å². The highest BCUT2D eigenvalue weighted by Gasteiger charge is 2.39. The molecule has 5 rings (SSSR count). The molecule has 1 N–H and O–H groups in total. The molecule has 6 heteroatoms. The minimum atomic E-state index is -0.724. The lowest BCUT2D eigenvalue weighted by molar-refractivity contribution is 0.103. The first kappa shape index (κ1) is 18.8. The topological polar surface area (TPSA) is 41.5 Å². The molecule has 1 aliphatic heterocycles. The summed E-state index contributed by atoms with van der Waals surface area (Å²) in [6, 6.07) is 19.3. The van der Waals surface area contributed by atoms with Crippen molar-refractivity contribution in [2.45, 2.75) is 11.8 Å². The molecule has 148 valence electrons. The summed E-state index contributed by atoms with van der Waals surface area (Å²) in [5.74, 6) is -0.249. The van der Waals surface area contributed by atoms with Crippen LogP contribution in [-0.2, 0) is 5.75 Å². The molecule has 0 amide bonds. The Bertz CT molecular complexity index is 1220. The van der Waals surface area contributed by atoms with E-state index in [0.29, 0.717) is 33.3 Å². The number of thioether (sulfide) groups is 1. The summed E-state index contributed by atoms with van der Waals surface area (Å²) in [5, 5.41) is 3.87. The molecule has 0 unspecified atom stereocenters. The predicted octanol–water partition coefficient (Wildman–Crippen LogP) is 5.51. The van der Waals surface area contributed by atoms with Crippen molar-refractivity contribution in [2.75, 3.05) is 0 Å². The maximum atomic E-state index is 14.6. The van der Waals surface area contributed by atoms with Crippen LogP contribution in [0.1, 0.15) is 33.1 Å². The van der Waals surface area contributed by atoms with Crippen LogP contribution >= 0.6 is 11.8 Å². The number of halogens is 2. The SMILES string of the molecule is O=C1C2=C(NC(SCc3ccc(F)cc3)=N[C@H]2c2ccccc2F)c2ccccc21. The number of rotatable bonds is 3. The number of Topliss-reactive ketones (excluding diaryl/α,β-unsaturated/α-hetero) is 1. The van der Waals surface area contributed by atoms with E-state index in [1.807, 2.05) is 18.2 Å². The third kappa shape index (κ3) is 3.23. The van der Waals surface area contributed by atoms with Crippen molar-refractivity contribution in [3.63, 3.8) is 0 Å². The van der Waals surface area contributed by atoms with E-state index in [1.165, 1.54) is 30.0 Å². The number of ketones is 1. The number of nitrogens with zero attached hydrogens (tertiary/aromatic N) is 1. The molecule has 0 fully saturated rings. The van der Waals surface area contributed by atoms with Gasteiger partial charge in [-0.25, -0.2) is 13.8 Å². The van der Waals surface area contributed by atoms with Crippen molar-refractivity contribution in [2.24, 2.45) is 4.99 Å². The summed E-state index contributed by atoms with van der Waals surface area (Å²) in [6.45, 7) is 0. The Balaban J connectivity index is 1.53. The van der Waals surface area contributed by atoms with Crippen LogP contribution in [0.15, 0.2) is 83.4 Å². The van der Waals surface area contributed by atoms with Crippen LogP contribution in [0, 0.1) is 11.6 Å². The zero-order chi connectivity index (χ0) is 20.7. The summed E-state index contributed by atoms with van der Waals surface area (Å²) in [7, 11) is 0. The Morgan fingerprint density at radius 1 is 0.900 bits per heavy atom. The van der Waals surface area contributed by atoms with E-state index < -0.39 is 11.9 Å². The number of carbonyl (C=O) groups is 1. The van der Waals surface area contributed by atoms with Gasteiger partial charge in [0.25, 0.3) is 0 Å². The van der Waals surface area contributed by atoms with Gasteiger partial charge in [-0.15, -0.1) is 0 Å². The van der Waals surface area contributed by atoms with Crippen molar-refractivity contribution >= 4 is 28.4 Å². The van der Waals surface area contributed by atoms with Gasteiger partial charge in [-0.1, -0.05) is 66.4 Å². The minimum Gasteiger partial charge on any atom is -0.334 e. The van der Waals surface area contributed by atoms with E-state index in [2.05, 4.69) is 5.32 Å². The Kier molecular flexibility index (Phi) is 4.71. The first-order valence-electron chi connectivity index (χ1n) is 9.46. The molecular formula is C24H16F2N2OS. The van der Waals surface area contributed by atoms with Crippen molar-refractivity contribution in [1.29, 1.82) is 0 Å². The lowest BCUT2D eigenvalue weighted by Gasteiger charge is -2.24. The maximum absolute atomic E-state index is 14.6. The highest BCUT2D eigenvalue weighted by Crippen LogP contribution is 2.43. The molecule has 1 aliphatic carbocycles. The summed E-state index contributed by atoms with van der Waals surface area (Å²) in [5.41, 5.74) is 3.85. The van der Waals surface area contributed by atoms with E-state index in [1.54, 1.807) is 36.4 Å². The number of hydrogen-bond acceptors (Lipinski definition) is 4. The number of aliphatic imine (C=N–C) groups is 1. The number of benzene rings is 3. The Morgan fingerprint density at radius 2 is 1.60 bits per heavy atom. The highest BCUT2D eigenvalue weighted by molar-refractivity contribution is 8.13. The summed E-state index contributed by atoms with van der Waals surface area (Å²) in [6.07, 6.45) is 0. The first-order chi connectivity index (χ1) is 14.6. The first-order valence-corrected chi connectivity index (χ1v) is 10.4. The Morgan fingerprint density at radius 3 is 2.37 bits per heavy atom. The van der Waals surface area contributed by atoms with Crippen LogP contribution in [-0.4, -0.2) is 11.0 Å². The lowest BCUT2D eigenvalue weighted by atomic mass is 9.95. The Hall–Kier alpha value is -3.25. The zero-order valence-electron chi connectivity index (χ0n) is 15.7. The molecule has 1 heterocycles.